The Bertz CT molecular complexity index is 1550. The first-order chi connectivity index (χ1) is 19.6. The summed E-state index contributed by atoms with van der Waals surface area (Å²) in [6, 6.07) is 7.35. The lowest BCUT2D eigenvalue weighted by Crippen LogP contribution is -2.29. The Balaban J connectivity index is 1.79. The number of allylic oxidation sites excluding steroid dienone is 2. The lowest BCUT2D eigenvalue weighted by Gasteiger charge is -2.24. The molecular formula is C30H31Cl4N3O4. The lowest BCUT2D eigenvalue weighted by molar-refractivity contribution is -0.138. The molecule has 0 saturated carbocycles. The van der Waals surface area contributed by atoms with Gasteiger partial charge in [-0.15, -0.1) is 0 Å². The van der Waals surface area contributed by atoms with Gasteiger partial charge in [-0.05, 0) is 75.1 Å². The second kappa shape index (κ2) is 13.4. The normalized spacial score (nSPS) is 14.1. The van der Waals surface area contributed by atoms with Crippen LogP contribution in [0.15, 0.2) is 42.2 Å². The van der Waals surface area contributed by atoms with Gasteiger partial charge in [0.25, 0.3) is 0 Å². The summed E-state index contributed by atoms with van der Waals surface area (Å²) < 4.78 is 2.15. The molecule has 0 aliphatic carbocycles. The second-order valence-electron chi connectivity index (χ2n) is 9.67. The number of carboxylic acid groups (broad SMARTS) is 2. The number of carbonyl (C=O) groups is 2. The van der Waals surface area contributed by atoms with Crippen molar-refractivity contribution in [3.05, 3.63) is 73.6 Å². The molecule has 4 rings (SSSR count). The summed E-state index contributed by atoms with van der Waals surface area (Å²) in [5, 5.41) is 21.2. The number of rotatable bonds is 12. The molecule has 0 fully saturated rings. The predicted octanol–water partition coefficient (Wildman–Crippen LogP) is 8.75. The monoisotopic (exact) mass is 637 g/mol. The van der Waals surface area contributed by atoms with E-state index in [-0.39, 0.29) is 12.8 Å². The van der Waals surface area contributed by atoms with Gasteiger partial charge in [-0.25, -0.2) is 0 Å². The van der Waals surface area contributed by atoms with Gasteiger partial charge in [-0.1, -0.05) is 52.5 Å². The van der Waals surface area contributed by atoms with Gasteiger partial charge < -0.3 is 24.6 Å². The minimum Gasteiger partial charge on any atom is -0.481 e. The van der Waals surface area contributed by atoms with E-state index in [9.17, 15) is 19.8 Å². The third-order valence-electron chi connectivity index (χ3n) is 7.13. The Morgan fingerprint density at radius 3 is 2.00 bits per heavy atom. The molecule has 0 atom stereocenters. The molecule has 3 aromatic rings. The van der Waals surface area contributed by atoms with Crippen molar-refractivity contribution in [3.8, 4) is 0 Å². The molecule has 2 aromatic carbocycles. The van der Waals surface area contributed by atoms with Crippen LogP contribution in [0.5, 0.6) is 0 Å². The number of aromatic nitrogens is 1. The van der Waals surface area contributed by atoms with E-state index in [0.29, 0.717) is 59.0 Å². The minimum absolute atomic E-state index is 0.0455. The van der Waals surface area contributed by atoms with E-state index >= 15 is 0 Å². The molecule has 11 heteroatoms. The van der Waals surface area contributed by atoms with E-state index in [1.165, 1.54) is 0 Å². The standard InChI is InChI=1S/C30H31Cl4N3O4/c1-3-35-24(18(8-5-11-29(38)39)19-14-20(31)21(32)15-25(19)35)9-6-10-28-36(4-2)26-16-22(33)23(34)17-27(26)37(28)13-7-12-30(40)41/h6,9-10,14-17H,3-5,7-8,11-13H2,1-2H3,(H,38,39)(H,40,41)/b9-6+,28-10-. The number of benzene rings is 2. The number of anilines is 2. The van der Waals surface area contributed by atoms with Crippen molar-refractivity contribution < 1.29 is 19.8 Å². The summed E-state index contributed by atoms with van der Waals surface area (Å²) in [7, 11) is 0. The fourth-order valence-electron chi connectivity index (χ4n) is 5.35. The molecule has 0 radical (unpaired) electrons. The van der Waals surface area contributed by atoms with E-state index in [4.69, 9.17) is 46.4 Å². The summed E-state index contributed by atoms with van der Waals surface area (Å²) >= 11 is 25.5. The summed E-state index contributed by atoms with van der Waals surface area (Å²) in [6.07, 6.45) is 7.57. The van der Waals surface area contributed by atoms with Crippen LogP contribution < -0.4 is 9.80 Å². The number of fused-ring (bicyclic) bond motifs is 2. The first kappa shape index (κ1) is 31.1. The molecule has 0 amide bonds. The van der Waals surface area contributed by atoms with Gasteiger partial charge in [0, 0.05) is 43.6 Å². The van der Waals surface area contributed by atoms with Crippen molar-refractivity contribution in [2.24, 2.45) is 0 Å². The Hall–Kier alpha value is -2.84. The first-order valence-electron chi connectivity index (χ1n) is 13.4. The number of aryl methyl sites for hydroxylation is 2. The Morgan fingerprint density at radius 1 is 0.805 bits per heavy atom. The fourth-order valence-corrected chi connectivity index (χ4v) is 5.99. The van der Waals surface area contributed by atoms with Gasteiger partial charge in [0.1, 0.15) is 5.82 Å². The van der Waals surface area contributed by atoms with E-state index in [1.54, 1.807) is 0 Å². The Kier molecular flexibility index (Phi) is 10.2. The summed E-state index contributed by atoms with van der Waals surface area (Å²) in [6.45, 7) is 5.90. The number of aliphatic carboxylic acids is 2. The molecule has 41 heavy (non-hydrogen) atoms. The summed E-state index contributed by atoms with van der Waals surface area (Å²) in [5.41, 5.74) is 4.66. The smallest absolute Gasteiger partial charge is 0.303 e. The van der Waals surface area contributed by atoms with Gasteiger partial charge in [0.2, 0.25) is 0 Å². The molecule has 1 aliphatic heterocycles. The minimum atomic E-state index is -0.848. The second-order valence-corrected chi connectivity index (χ2v) is 11.3. The summed E-state index contributed by atoms with van der Waals surface area (Å²) in [4.78, 5) is 26.6. The number of hydrogen-bond donors (Lipinski definition) is 2. The van der Waals surface area contributed by atoms with Gasteiger partial charge in [0.05, 0.1) is 37.0 Å². The molecule has 218 valence electrons. The zero-order chi connectivity index (χ0) is 29.8. The van der Waals surface area contributed by atoms with Crippen LogP contribution in [-0.4, -0.2) is 39.8 Å². The Labute approximate surface area is 259 Å². The lowest BCUT2D eigenvalue weighted by atomic mass is 10.0. The molecule has 1 aromatic heterocycles. The maximum absolute atomic E-state index is 11.2. The molecule has 0 spiro atoms. The molecule has 0 bridgehead atoms. The molecule has 0 unspecified atom stereocenters. The molecule has 0 saturated heterocycles. The van der Waals surface area contributed by atoms with Crippen molar-refractivity contribution >= 4 is 86.7 Å². The molecule has 2 heterocycles. The van der Waals surface area contributed by atoms with Crippen LogP contribution in [0.1, 0.15) is 50.8 Å². The van der Waals surface area contributed by atoms with Gasteiger partial charge in [-0.3, -0.25) is 9.59 Å². The molecule has 7 nitrogen and oxygen atoms in total. The highest BCUT2D eigenvalue weighted by Crippen LogP contribution is 2.45. The van der Waals surface area contributed by atoms with Crippen LogP contribution in [0.25, 0.3) is 17.0 Å². The topological polar surface area (TPSA) is 86.0 Å². The van der Waals surface area contributed by atoms with Gasteiger partial charge in [0.15, 0.2) is 0 Å². The molecular weight excluding hydrogens is 608 g/mol. The van der Waals surface area contributed by atoms with Crippen LogP contribution in [0.4, 0.5) is 11.4 Å². The quantitative estimate of drug-likeness (QED) is 0.206. The van der Waals surface area contributed by atoms with Crippen molar-refractivity contribution in [1.82, 2.24) is 4.57 Å². The summed E-state index contributed by atoms with van der Waals surface area (Å²) in [5.74, 6) is -0.810. The maximum atomic E-state index is 11.2. The van der Waals surface area contributed by atoms with Crippen LogP contribution in [0.3, 0.4) is 0 Å². The van der Waals surface area contributed by atoms with Crippen LogP contribution in [0.2, 0.25) is 20.1 Å². The maximum Gasteiger partial charge on any atom is 0.303 e. The highest BCUT2D eigenvalue weighted by molar-refractivity contribution is 6.43. The number of nitrogens with zero attached hydrogens (tertiary/aromatic N) is 3. The average Bonchev–Trinajstić information content (AvgIpc) is 3.34. The largest absolute Gasteiger partial charge is 0.481 e. The number of halogens is 4. The molecule has 1 aliphatic rings. The van der Waals surface area contributed by atoms with Crippen molar-refractivity contribution in [1.29, 1.82) is 0 Å². The van der Waals surface area contributed by atoms with Crippen molar-refractivity contribution in [2.75, 3.05) is 22.9 Å². The Morgan fingerprint density at radius 2 is 1.39 bits per heavy atom. The van der Waals surface area contributed by atoms with Crippen LogP contribution in [-0.2, 0) is 22.6 Å². The first-order valence-corrected chi connectivity index (χ1v) is 14.9. The average molecular weight is 639 g/mol. The van der Waals surface area contributed by atoms with E-state index in [2.05, 4.69) is 14.4 Å². The van der Waals surface area contributed by atoms with Gasteiger partial charge in [-0.2, -0.15) is 0 Å². The highest BCUT2D eigenvalue weighted by atomic mass is 35.5. The number of carboxylic acids is 2. The molecule has 2 N–H and O–H groups in total. The third kappa shape index (κ3) is 6.64. The zero-order valence-corrected chi connectivity index (χ0v) is 25.8. The van der Waals surface area contributed by atoms with Crippen LogP contribution in [0, 0.1) is 0 Å². The fraction of sp³-hybridized carbons (Fsp3) is 0.333. The van der Waals surface area contributed by atoms with E-state index < -0.39 is 11.9 Å². The van der Waals surface area contributed by atoms with E-state index in [1.807, 2.05) is 56.3 Å². The third-order valence-corrected chi connectivity index (χ3v) is 8.57. The highest BCUT2D eigenvalue weighted by Gasteiger charge is 2.31. The number of hydrogen-bond acceptors (Lipinski definition) is 4. The van der Waals surface area contributed by atoms with Gasteiger partial charge >= 0.3 is 11.9 Å². The van der Waals surface area contributed by atoms with Crippen molar-refractivity contribution in [2.45, 2.75) is 52.5 Å². The van der Waals surface area contributed by atoms with Crippen LogP contribution >= 0.6 is 46.4 Å². The predicted molar refractivity (Wildman–Crippen MR) is 169 cm³/mol. The van der Waals surface area contributed by atoms with E-state index in [0.717, 1.165) is 39.4 Å². The van der Waals surface area contributed by atoms with Crippen molar-refractivity contribution in [3.63, 3.8) is 0 Å². The SMILES string of the molecule is CCN1/C(=C/C=C/c2c(CCCC(=O)O)c3cc(Cl)c(Cl)cc3n2CC)N(CCCC(=O)O)c2cc(Cl)c(Cl)cc21. The zero-order valence-electron chi connectivity index (χ0n) is 22.8.